The molecule has 0 spiro atoms. The van der Waals surface area contributed by atoms with E-state index in [0.717, 1.165) is 0 Å². The van der Waals surface area contributed by atoms with Crippen molar-refractivity contribution in [3.05, 3.63) is 46.6 Å². The van der Waals surface area contributed by atoms with Crippen LogP contribution in [0.15, 0.2) is 45.6 Å². The highest BCUT2D eigenvalue weighted by Gasteiger charge is 2.17. The van der Waals surface area contributed by atoms with Crippen molar-refractivity contribution < 1.29 is 37.6 Å². The van der Waals surface area contributed by atoms with Crippen LogP contribution >= 0.6 is 0 Å². The van der Waals surface area contributed by atoms with E-state index < -0.39 is 5.97 Å². The lowest BCUT2D eigenvalue weighted by Gasteiger charge is -2.14. The van der Waals surface area contributed by atoms with Gasteiger partial charge in [0.25, 0.3) is 0 Å². The smallest absolute Gasteiger partial charge is 0.344 e. The summed E-state index contributed by atoms with van der Waals surface area (Å²) >= 11 is 0. The first-order valence-corrected chi connectivity index (χ1v) is 9.66. The molecule has 0 saturated carbocycles. The first kappa shape index (κ1) is 23.0. The van der Waals surface area contributed by atoms with Gasteiger partial charge in [0.15, 0.2) is 23.5 Å². The molecule has 0 N–H and O–H groups in total. The summed E-state index contributed by atoms with van der Waals surface area (Å²) in [6.45, 7) is 0.158. The average Bonchev–Trinajstić information content (AvgIpc) is 2.81. The van der Waals surface area contributed by atoms with Crippen molar-refractivity contribution in [1.29, 1.82) is 0 Å². The molecule has 0 amide bonds. The van der Waals surface area contributed by atoms with Crippen LogP contribution in [0.5, 0.6) is 23.0 Å². The maximum absolute atomic E-state index is 12.8. The molecule has 0 aliphatic rings. The van der Waals surface area contributed by atoms with Crippen molar-refractivity contribution in [2.24, 2.45) is 0 Å². The molecule has 0 saturated heterocycles. The number of rotatable bonds is 10. The Balaban J connectivity index is 1.87. The van der Waals surface area contributed by atoms with Gasteiger partial charge < -0.3 is 32.8 Å². The van der Waals surface area contributed by atoms with Gasteiger partial charge in [0, 0.05) is 18.7 Å². The first-order chi connectivity index (χ1) is 15.5. The van der Waals surface area contributed by atoms with E-state index in [2.05, 4.69) is 0 Å². The lowest BCUT2D eigenvalue weighted by atomic mass is 10.1. The number of ether oxygens (including phenoxy) is 6. The lowest BCUT2D eigenvalue weighted by molar-refractivity contribution is -0.147. The van der Waals surface area contributed by atoms with Crippen molar-refractivity contribution in [3.8, 4) is 34.3 Å². The Morgan fingerprint density at radius 1 is 0.906 bits per heavy atom. The van der Waals surface area contributed by atoms with Gasteiger partial charge in [-0.1, -0.05) is 0 Å². The van der Waals surface area contributed by atoms with Crippen LogP contribution < -0.4 is 24.4 Å². The summed E-state index contributed by atoms with van der Waals surface area (Å²) in [6.07, 6.45) is 0. The predicted octanol–water partition coefficient (Wildman–Crippen LogP) is 3.05. The summed E-state index contributed by atoms with van der Waals surface area (Å²) in [7, 11) is 6.03. The van der Waals surface area contributed by atoms with Gasteiger partial charge in [-0.15, -0.1) is 0 Å². The second-order valence-corrected chi connectivity index (χ2v) is 6.55. The Bertz CT molecular complexity index is 1120. The normalized spacial score (nSPS) is 10.6. The average molecular weight is 444 g/mol. The summed E-state index contributed by atoms with van der Waals surface area (Å²) in [6, 6.07) is 9.47. The van der Waals surface area contributed by atoms with E-state index in [1.807, 2.05) is 0 Å². The van der Waals surface area contributed by atoms with Crippen LogP contribution in [-0.4, -0.2) is 54.2 Å². The minimum atomic E-state index is -0.535. The Morgan fingerprint density at radius 3 is 2.25 bits per heavy atom. The van der Waals surface area contributed by atoms with E-state index in [9.17, 15) is 9.59 Å². The molecule has 0 aliphatic heterocycles. The van der Waals surface area contributed by atoms with Crippen molar-refractivity contribution in [2.45, 2.75) is 0 Å². The van der Waals surface area contributed by atoms with Crippen molar-refractivity contribution in [2.75, 3.05) is 48.3 Å². The predicted molar refractivity (Wildman–Crippen MR) is 116 cm³/mol. The number of hydrogen-bond acceptors (Lipinski definition) is 9. The minimum Gasteiger partial charge on any atom is -0.493 e. The van der Waals surface area contributed by atoms with Crippen LogP contribution in [0.2, 0.25) is 0 Å². The Morgan fingerprint density at radius 2 is 1.62 bits per heavy atom. The van der Waals surface area contributed by atoms with Gasteiger partial charge >= 0.3 is 5.97 Å². The molecule has 0 fully saturated rings. The van der Waals surface area contributed by atoms with Crippen LogP contribution in [0.1, 0.15) is 0 Å². The first-order valence-electron chi connectivity index (χ1n) is 9.66. The standard InChI is InChI=1S/C23H24O9/c1-26-7-8-30-22(25)13-31-15-5-6-18-16(11-15)17(24)12-19(32-18)14-9-20(27-2)23(29-4)21(10-14)28-3/h5-6,9-12H,7-8,13H2,1-4H3. The summed E-state index contributed by atoms with van der Waals surface area (Å²) in [5.74, 6) is 1.44. The molecule has 1 aromatic heterocycles. The molecule has 3 aromatic rings. The molecule has 2 aromatic carbocycles. The molecular weight excluding hydrogens is 420 g/mol. The minimum absolute atomic E-state index is 0.143. The zero-order valence-corrected chi connectivity index (χ0v) is 18.3. The number of carbonyl (C=O) groups is 1. The Labute approximate surface area is 184 Å². The Kier molecular flexibility index (Phi) is 7.56. The number of hydrogen-bond donors (Lipinski definition) is 0. The van der Waals surface area contributed by atoms with Crippen LogP contribution in [0.25, 0.3) is 22.3 Å². The molecule has 0 atom stereocenters. The number of carbonyl (C=O) groups excluding carboxylic acids is 1. The fraction of sp³-hybridized carbons (Fsp3) is 0.304. The van der Waals surface area contributed by atoms with Crippen LogP contribution in [-0.2, 0) is 14.3 Å². The number of methoxy groups -OCH3 is 4. The number of fused-ring (bicyclic) bond motifs is 1. The topological polar surface area (TPSA) is 103 Å². The molecule has 1 heterocycles. The highest BCUT2D eigenvalue weighted by molar-refractivity contribution is 5.81. The van der Waals surface area contributed by atoms with Gasteiger partial charge in [0.05, 0.1) is 33.3 Å². The quantitative estimate of drug-likeness (QED) is 0.345. The Hall–Kier alpha value is -3.72. The molecule has 170 valence electrons. The maximum Gasteiger partial charge on any atom is 0.344 e. The highest BCUT2D eigenvalue weighted by atomic mass is 16.6. The lowest BCUT2D eigenvalue weighted by Crippen LogP contribution is -2.17. The van der Waals surface area contributed by atoms with E-state index in [0.29, 0.717) is 51.9 Å². The third-order valence-electron chi connectivity index (χ3n) is 4.56. The number of benzene rings is 2. The molecular formula is C23H24O9. The fourth-order valence-electron chi connectivity index (χ4n) is 3.01. The maximum atomic E-state index is 12.8. The molecule has 0 radical (unpaired) electrons. The van der Waals surface area contributed by atoms with Crippen LogP contribution in [0.4, 0.5) is 0 Å². The molecule has 3 rings (SSSR count). The fourth-order valence-corrected chi connectivity index (χ4v) is 3.01. The van der Waals surface area contributed by atoms with Gasteiger partial charge in [0.1, 0.15) is 23.7 Å². The molecule has 0 aliphatic carbocycles. The summed E-state index contributed by atoms with van der Waals surface area (Å²) in [4.78, 5) is 24.4. The molecule has 9 heteroatoms. The monoisotopic (exact) mass is 444 g/mol. The largest absolute Gasteiger partial charge is 0.493 e. The van der Waals surface area contributed by atoms with Gasteiger partial charge in [0.2, 0.25) is 5.75 Å². The molecule has 32 heavy (non-hydrogen) atoms. The van der Waals surface area contributed by atoms with E-state index in [1.54, 1.807) is 24.3 Å². The highest BCUT2D eigenvalue weighted by Crippen LogP contribution is 2.41. The molecule has 0 bridgehead atoms. The van der Waals surface area contributed by atoms with Crippen LogP contribution in [0, 0.1) is 0 Å². The number of esters is 1. The SMILES string of the molecule is COCCOC(=O)COc1ccc2oc(-c3cc(OC)c(OC)c(OC)c3)cc(=O)c2c1. The summed E-state index contributed by atoms with van der Waals surface area (Å²) < 4.78 is 37.2. The third-order valence-corrected chi connectivity index (χ3v) is 4.56. The van der Waals surface area contributed by atoms with E-state index >= 15 is 0 Å². The van der Waals surface area contributed by atoms with Gasteiger partial charge in [-0.2, -0.15) is 0 Å². The molecule has 0 unspecified atom stereocenters. The second kappa shape index (κ2) is 10.5. The van der Waals surface area contributed by atoms with Crippen molar-refractivity contribution in [1.82, 2.24) is 0 Å². The zero-order chi connectivity index (χ0) is 23.1. The van der Waals surface area contributed by atoms with Gasteiger partial charge in [-0.3, -0.25) is 4.79 Å². The van der Waals surface area contributed by atoms with Crippen LogP contribution in [0.3, 0.4) is 0 Å². The summed E-state index contributed by atoms with van der Waals surface area (Å²) in [5.41, 5.74) is 0.664. The third kappa shape index (κ3) is 5.12. The zero-order valence-electron chi connectivity index (χ0n) is 18.3. The van der Waals surface area contributed by atoms with E-state index in [1.165, 1.54) is 40.6 Å². The second-order valence-electron chi connectivity index (χ2n) is 6.55. The van der Waals surface area contributed by atoms with Gasteiger partial charge in [-0.25, -0.2) is 4.79 Å². The van der Waals surface area contributed by atoms with E-state index in [4.69, 9.17) is 32.8 Å². The van der Waals surface area contributed by atoms with Crippen molar-refractivity contribution >= 4 is 16.9 Å². The van der Waals surface area contributed by atoms with E-state index in [-0.39, 0.29) is 18.6 Å². The summed E-state index contributed by atoms with van der Waals surface area (Å²) in [5, 5.41) is 0.312. The van der Waals surface area contributed by atoms with Gasteiger partial charge in [-0.05, 0) is 30.3 Å². The van der Waals surface area contributed by atoms with Crippen molar-refractivity contribution in [3.63, 3.8) is 0 Å². The molecule has 9 nitrogen and oxygen atoms in total.